The third-order valence-corrected chi connectivity index (χ3v) is 6.29. The third-order valence-electron chi connectivity index (χ3n) is 4.92. The van der Waals surface area contributed by atoms with E-state index in [0.717, 1.165) is 37.8 Å². The molecule has 6 nitrogen and oxygen atoms in total. The Morgan fingerprint density at radius 3 is 2.56 bits per heavy atom. The van der Waals surface area contributed by atoms with Crippen molar-refractivity contribution in [1.82, 2.24) is 15.4 Å². The van der Waals surface area contributed by atoms with Crippen LogP contribution in [0.3, 0.4) is 0 Å². The van der Waals surface area contributed by atoms with Crippen LogP contribution in [-0.4, -0.2) is 27.8 Å². The van der Waals surface area contributed by atoms with Crippen LogP contribution in [0, 0.1) is 13.8 Å². The fraction of sp³-hybridized carbons (Fsp3) is 0.154. The largest absolute Gasteiger partial charge is 0.488 e. The number of hydrogen-bond acceptors (Lipinski definition) is 6. The van der Waals surface area contributed by atoms with Gasteiger partial charge in [-0.3, -0.25) is 4.79 Å². The topological polar surface area (TPSA) is 76.5 Å². The van der Waals surface area contributed by atoms with E-state index in [1.54, 1.807) is 6.21 Å². The molecule has 34 heavy (non-hydrogen) atoms. The number of benzene rings is 3. The maximum absolute atomic E-state index is 12.3. The molecule has 8 heteroatoms. The highest BCUT2D eigenvalue weighted by atomic mass is 79.9. The van der Waals surface area contributed by atoms with E-state index >= 15 is 0 Å². The lowest BCUT2D eigenvalue weighted by molar-refractivity contribution is -0.118. The summed E-state index contributed by atoms with van der Waals surface area (Å²) < 4.78 is 7.14. The lowest BCUT2D eigenvalue weighted by Gasteiger charge is -2.12. The lowest BCUT2D eigenvalue weighted by atomic mass is 10.0. The van der Waals surface area contributed by atoms with Crippen LogP contribution in [0.2, 0.25) is 0 Å². The number of amides is 1. The third kappa shape index (κ3) is 6.42. The quantitative estimate of drug-likeness (QED) is 0.133. The molecular formula is C26H23BrN4O2S. The lowest BCUT2D eigenvalue weighted by Crippen LogP contribution is -2.20. The van der Waals surface area contributed by atoms with Crippen LogP contribution in [0.5, 0.6) is 5.75 Å². The highest BCUT2D eigenvalue weighted by Gasteiger charge is 2.09. The molecule has 0 spiro atoms. The predicted molar refractivity (Wildman–Crippen MR) is 140 cm³/mol. The molecule has 0 aliphatic heterocycles. The Morgan fingerprint density at radius 1 is 1.06 bits per heavy atom. The van der Waals surface area contributed by atoms with Crippen LogP contribution in [0.4, 0.5) is 0 Å². The summed E-state index contributed by atoms with van der Waals surface area (Å²) in [7, 11) is 0. The van der Waals surface area contributed by atoms with Gasteiger partial charge in [-0.2, -0.15) is 5.10 Å². The summed E-state index contributed by atoms with van der Waals surface area (Å²) in [6.07, 6.45) is 1.63. The minimum absolute atomic E-state index is 0.169. The van der Waals surface area contributed by atoms with Crippen molar-refractivity contribution < 1.29 is 9.53 Å². The SMILES string of the molecule is Cc1cc(C)nc(SCC(=O)N/N=C\c2c(OCc3ccc(Br)cc3)ccc3ccccc23)n1. The summed E-state index contributed by atoms with van der Waals surface area (Å²) in [6, 6.07) is 21.8. The minimum Gasteiger partial charge on any atom is -0.488 e. The van der Waals surface area contributed by atoms with Gasteiger partial charge in [0.05, 0.1) is 12.0 Å². The van der Waals surface area contributed by atoms with Crippen molar-refractivity contribution in [3.8, 4) is 5.75 Å². The fourth-order valence-electron chi connectivity index (χ4n) is 3.37. The van der Waals surface area contributed by atoms with Crippen LogP contribution >= 0.6 is 27.7 Å². The van der Waals surface area contributed by atoms with Gasteiger partial charge in [0, 0.05) is 21.4 Å². The van der Waals surface area contributed by atoms with E-state index in [1.165, 1.54) is 11.8 Å². The van der Waals surface area contributed by atoms with Gasteiger partial charge in [0.25, 0.3) is 5.91 Å². The van der Waals surface area contributed by atoms with Gasteiger partial charge in [0.15, 0.2) is 5.16 Å². The van der Waals surface area contributed by atoms with Crippen LogP contribution in [0.15, 0.2) is 81.5 Å². The highest BCUT2D eigenvalue weighted by molar-refractivity contribution is 9.10. The van der Waals surface area contributed by atoms with Crippen molar-refractivity contribution >= 4 is 50.6 Å². The molecule has 0 aliphatic carbocycles. The Hall–Kier alpha value is -3.23. The number of carbonyl (C=O) groups excluding carboxylic acids is 1. The number of thioether (sulfide) groups is 1. The van der Waals surface area contributed by atoms with E-state index in [2.05, 4.69) is 36.4 Å². The van der Waals surface area contributed by atoms with Crippen molar-refractivity contribution in [1.29, 1.82) is 0 Å². The number of nitrogens with zero attached hydrogens (tertiary/aromatic N) is 3. The van der Waals surface area contributed by atoms with Crippen molar-refractivity contribution in [2.24, 2.45) is 5.10 Å². The molecule has 0 saturated heterocycles. The van der Waals surface area contributed by atoms with Crippen LogP contribution in [0.1, 0.15) is 22.5 Å². The molecule has 0 aliphatic rings. The van der Waals surface area contributed by atoms with Crippen molar-refractivity contribution in [3.63, 3.8) is 0 Å². The molecule has 0 radical (unpaired) electrons. The summed E-state index contributed by atoms with van der Waals surface area (Å²) in [6.45, 7) is 4.23. The Labute approximate surface area is 211 Å². The summed E-state index contributed by atoms with van der Waals surface area (Å²) in [5.74, 6) is 0.627. The van der Waals surface area contributed by atoms with Gasteiger partial charge < -0.3 is 4.74 Å². The molecular weight excluding hydrogens is 512 g/mol. The first kappa shape index (κ1) is 23.9. The Kier molecular flexibility index (Phi) is 7.92. The number of rotatable bonds is 8. The maximum Gasteiger partial charge on any atom is 0.250 e. The average molecular weight is 535 g/mol. The second kappa shape index (κ2) is 11.3. The molecule has 1 N–H and O–H groups in total. The van der Waals surface area contributed by atoms with Crippen LogP contribution < -0.4 is 10.2 Å². The van der Waals surface area contributed by atoms with E-state index in [4.69, 9.17) is 4.74 Å². The number of halogens is 1. The van der Waals surface area contributed by atoms with Gasteiger partial charge in [-0.1, -0.05) is 70.2 Å². The van der Waals surface area contributed by atoms with Crippen LogP contribution in [0.25, 0.3) is 10.8 Å². The van der Waals surface area contributed by atoms with Crippen LogP contribution in [-0.2, 0) is 11.4 Å². The standard InChI is InChI=1S/C26H23BrN4O2S/c1-17-13-18(2)30-26(29-17)34-16-25(32)31-28-14-23-22-6-4-3-5-20(22)9-12-24(23)33-15-19-7-10-21(27)11-8-19/h3-14H,15-16H2,1-2H3,(H,31,32)/b28-14-. The van der Waals surface area contributed by atoms with E-state index in [0.29, 0.717) is 17.5 Å². The molecule has 0 unspecified atom stereocenters. The van der Waals surface area contributed by atoms with E-state index in [-0.39, 0.29) is 11.7 Å². The molecule has 0 bridgehead atoms. The Balaban J connectivity index is 1.46. The summed E-state index contributed by atoms with van der Waals surface area (Å²) in [4.78, 5) is 21.0. The van der Waals surface area contributed by atoms with Crippen molar-refractivity contribution in [3.05, 3.63) is 93.7 Å². The summed E-state index contributed by atoms with van der Waals surface area (Å²) in [5.41, 5.74) is 6.21. The second-order valence-electron chi connectivity index (χ2n) is 7.63. The smallest absolute Gasteiger partial charge is 0.250 e. The second-order valence-corrected chi connectivity index (χ2v) is 9.49. The van der Waals surface area contributed by atoms with E-state index < -0.39 is 0 Å². The first-order chi connectivity index (χ1) is 16.5. The molecule has 1 aromatic heterocycles. The number of aromatic nitrogens is 2. The summed E-state index contributed by atoms with van der Waals surface area (Å²) in [5, 5.41) is 6.84. The average Bonchev–Trinajstić information content (AvgIpc) is 2.82. The highest BCUT2D eigenvalue weighted by Crippen LogP contribution is 2.27. The van der Waals surface area contributed by atoms with Crippen molar-refractivity contribution in [2.45, 2.75) is 25.6 Å². The number of aryl methyl sites for hydroxylation is 2. The molecule has 0 atom stereocenters. The molecule has 4 rings (SSSR count). The number of ether oxygens (including phenoxy) is 1. The first-order valence-corrected chi connectivity index (χ1v) is 12.4. The summed E-state index contributed by atoms with van der Waals surface area (Å²) >= 11 is 4.73. The van der Waals surface area contributed by atoms with Gasteiger partial charge in [-0.05, 0) is 54.4 Å². The minimum atomic E-state index is -0.235. The molecule has 1 heterocycles. The molecule has 1 amide bonds. The Morgan fingerprint density at radius 2 is 1.79 bits per heavy atom. The fourth-order valence-corrected chi connectivity index (χ4v) is 4.37. The normalized spacial score (nSPS) is 11.1. The number of hydrogen-bond donors (Lipinski definition) is 1. The predicted octanol–water partition coefficient (Wildman–Crippen LogP) is 5.83. The van der Waals surface area contributed by atoms with E-state index in [1.807, 2.05) is 80.6 Å². The van der Waals surface area contributed by atoms with Gasteiger partial charge in [-0.15, -0.1) is 0 Å². The van der Waals surface area contributed by atoms with Gasteiger partial charge >= 0.3 is 0 Å². The first-order valence-electron chi connectivity index (χ1n) is 10.6. The van der Waals surface area contributed by atoms with Gasteiger partial charge in [0.2, 0.25) is 0 Å². The Bertz CT molecular complexity index is 1320. The number of hydrazone groups is 1. The zero-order valence-electron chi connectivity index (χ0n) is 18.8. The molecule has 0 fully saturated rings. The van der Waals surface area contributed by atoms with E-state index in [9.17, 15) is 4.79 Å². The van der Waals surface area contributed by atoms with Gasteiger partial charge in [0.1, 0.15) is 12.4 Å². The molecule has 3 aromatic carbocycles. The van der Waals surface area contributed by atoms with Crippen molar-refractivity contribution in [2.75, 3.05) is 5.75 Å². The maximum atomic E-state index is 12.3. The molecule has 4 aromatic rings. The number of fused-ring (bicyclic) bond motifs is 1. The molecule has 0 saturated carbocycles. The monoisotopic (exact) mass is 534 g/mol. The number of nitrogens with one attached hydrogen (secondary N) is 1. The van der Waals surface area contributed by atoms with Gasteiger partial charge in [-0.25, -0.2) is 15.4 Å². The zero-order valence-corrected chi connectivity index (χ0v) is 21.2. The zero-order chi connectivity index (χ0) is 23.9. The molecule has 172 valence electrons. The number of carbonyl (C=O) groups is 1.